The summed E-state index contributed by atoms with van der Waals surface area (Å²) in [6, 6.07) is 7.44. The van der Waals surface area contributed by atoms with Crippen molar-refractivity contribution in [3.63, 3.8) is 0 Å². The van der Waals surface area contributed by atoms with Crippen molar-refractivity contribution in [1.82, 2.24) is 10.2 Å². The molecule has 1 aliphatic rings. The van der Waals surface area contributed by atoms with E-state index in [9.17, 15) is 4.79 Å². The molecule has 1 unspecified atom stereocenters. The molecule has 1 atom stereocenters. The van der Waals surface area contributed by atoms with Crippen molar-refractivity contribution in [1.29, 1.82) is 0 Å². The Balaban J connectivity index is 1.81. The maximum atomic E-state index is 12.0. The largest absolute Gasteiger partial charge is 0.345 e. The summed E-state index contributed by atoms with van der Waals surface area (Å²) in [6.45, 7) is 2.28. The van der Waals surface area contributed by atoms with Gasteiger partial charge in [0.1, 0.15) is 0 Å². The Morgan fingerprint density at radius 3 is 3.05 bits per heavy atom. The molecule has 1 fully saturated rings. The number of amides is 1. The smallest absolute Gasteiger partial charge is 0.225 e. The molecule has 1 aliphatic heterocycles. The summed E-state index contributed by atoms with van der Waals surface area (Å²) in [5.41, 5.74) is 0.792. The quantitative estimate of drug-likeness (QED) is 0.847. The van der Waals surface area contributed by atoms with Crippen LogP contribution in [-0.2, 0) is 4.79 Å². The molecule has 1 aromatic carbocycles. The first-order chi connectivity index (χ1) is 9.66. The van der Waals surface area contributed by atoms with Gasteiger partial charge in [-0.3, -0.25) is 4.79 Å². The third kappa shape index (κ3) is 4.26. The second-order valence-corrected chi connectivity index (χ2v) is 5.51. The highest BCUT2D eigenvalue weighted by Gasteiger charge is 2.23. The predicted octanol–water partition coefficient (Wildman–Crippen LogP) is 2.15. The van der Waals surface area contributed by atoms with E-state index in [0.29, 0.717) is 11.6 Å². The molecule has 1 heterocycles. The lowest BCUT2D eigenvalue weighted by atomic mass is 9.98. The van der Waals surface area contributed by atoms with Gasteiger partial charge in [0.15, 0.2) is 0 Å². The van der Waals surface area contributed by atoms with Crippen LogP contribution in [0.3, 0.4) is 0 Å². The van der Waals surface area contributed by atoms with Crippen LogP contribution in [0.4, 0.5) is 0 Å². The van der Waals surface area contributed by atoms with Gasteiger partial charge in [0.2, 0.25) is 5.91 Å². The number of hydrogen-bond acceptors (Lipinski definition) is 2. The number of rotatable bonds is 2. The van der Waals surface area contributed by atoms with Gasteiger partial charge in [-0.15, -0.1) is 0 Å². The zero-order valence-electron chi connectivity index (χ0n) is 11.7. The molecule has 0 aromatic heterocycles. The lowest BCUT2D eigenvalue weighted by Crippen LogP contribution is -2.41. The van der Waals surface area contributed by atoms with E-state index >= 15 is 0 Å². The maximum absolute atomic E-state index is 12.0. The van der Waals surface area contributed by atoms with Crippen LogP contribution < -0.4 is 5.32 Å². The first kappa shape index (κ1) is 14.9. The summed E-state index contributed by atoms with van der Waals surface area (Å²) in [4.78, 5) is 14.2. The molecule has 0 bridgehead atoms. The van der Waals surface area contributed by atoms with Crippen LogP contribution in [-0.4, -0.2) is 37.5 Å². The zero-order valence-corrected chi connectivity index (χ0v) is 12.4. The van der Waals surface area contributed by atoms with Crippen LogP contribution in [0.25, 0.3) is 0 Å². The van der Waals surface area contributed by atoms with Crippen LogP contribution in [0.5, 0.6) is 0 Å². The minimum absolute atomic E-state index is 0.0934. The Kier molecular flexibility index (Phi) is 5.46. The lowest BCUT2D eigenvalue weighted by Gasteiger charge is -2.28. The van der Waals surface area contributed by atoms with Crippen LogP contribution >= 0.6 is 11.6 Å². The fourth-order valence-corrected chi connectivity index (χ4v) is 2.54. The summed E-state index contributed by atoms with van der Waals surface area (Å²) in [6.07, 6.45) is 2.05. The van der Waals surface area contributed by atoms with E-state index in [2.05, 4.69) is 29.1 Å². The molecule has 2 rings (SSSR count). The standard InChI is InChI=1S/C16H19ClN2O/c1-19-11-5-8-14(12-19)16(20)18-10-4-7-13-6-2-3-9-15(13)17/h2-3,6,9,14H,5,8,10-12H2,1H3,(H,18,20). The molecule has 1 N–H and O–H groups in total. The van der Waals surface area contributed by atoms with E-state index in [1.54, 1.807) is 0 Å². The molecule has 20 heavy (non-hydrogen) atoms. The first-order valence-electron chi connectivity index (χ1n) is 6.86. The molecule has 1 aromatic rings. The monoisotopic (exact) mass is 290 g/mol. The van der Waals surface area contributed by atoms with E-state index in [1.165, 1.54) is 0 Å². The van der Waals surface area contributed by atoms with Gasteiger partial charge in [-0.1, -0.05) is 35.6 Å². The molecule has 4 heteroatoms. The maximum Gasteiger partial charge on any atom is 0.225 e. The number of piperidine rings is 1. The van der Waals surface area contributed by atoms with Crippen molar-refractivity contribution >= 4 is 17.5 Å². The predicted molar refractivity (Wildman–Crippen MR) is 81.6 cm³/mol. The lowest BCUT2D eigenvalue weighted by molar-refractivity contribution is -0.126. The minimum Gasteiger partial charge on any atom is -0.345 e. The zero-order chi connectivity index (χ0) is 14.4. The van der Waals surface area contributed by atoms with Crippen molar-refractivity contribution in [3.05, 3.63) is 34.9 Å². The van der Waals surface area contributed by atoms with E-state index < -0.39 is 0 Å². The van der Waals surface area contributed by atoms with Gasteiger partial charge in [-0.05, 0) is 38.6 Å². The molecule has 1 amide bonds. The molecule has 0 radical (unpaired) electrons. The van der Waals surface area contributed by atoms with E-state index in [4.69, 9.17) is 11.6 Å². The van der Waals surface area contributed by atoms with E-state index in [-0.39, 0.29) is 11.8 Å². The summed E-state index contributed by atoms with van der Waals surface area (Å²) in [5, 5.41) is 3.52. The number of hydrogen-bond donors (Lipinski definition) is 1. The SMILES string of the molecule is CN1CCCC(C(=O)NCC#Cc2ccccc2Cl)C1. The highest BCUT2D eigenvalue weighted by Crippen LogP contribution is 2.15. The Hall–Kier alpha value is -1.50. The van der Waals surface area contributed by atoms with Crippen molar-refractivity contribution in [2.45, 2.75) is 12.8 Å². The van der Waals surface area contributed by atoms with E-state index in [1.807, 2.05) is 24.3 Å². The fraction of sp³-hybridized carbons (Fsp3) is 0.438. The Morgan fingerprint density at radius 2 is 2.30 bits per heavy atom. The summed E-state index contributed by atoms with van der Waals surface area (Å²) in [5.74, 6) is 6.11. The highest BCUT2D eigenvalue weighted by molar-refractivity contribution is 6.31. The van der Waals surface area contributed by atoms with Crippen LogP contribution in [0, 0.1) is 17.8 Å². The summed E-state index contributed by atoms with van der Waals surface area (Å²) >= 11 is 6.01. The molecule has 0 aliphatic carbocycles. The normalized spacial score (nSPS) is 19.0. The van der Waals surface area contributed by atoms with Crippen LogP contribution in [0.2, 0.25) is 5.02 Å². The van der Waals surface area contributed by atoms with Gasteiger partial charge in [0.05, 0.1) is 17.5 Å². The first-order valence-corrected chi connectivity index (χ1v) is 7.24. The Labute approximate surface area is 125 Å². The molecule has 0 saturated carbocycles. The number of carbonyl (C=O) groups excluding carboxylic acids is 1. The van der Waals surface area contributed by atoms with Crippen molar-refractivity contribution in [2.24, 2.45) is 5.92 Å². The average Bonchev–Trinajstić information content (AvgIpc) is 2.45. The van der Waals surface area contributed by atoms with Gasteiger partial charge >= 0.3 is 0 Å². The van der Waals surface area contributed by atoms with Gasteiger partial charge < -0.3 is 10.2 Å². The van der Waals surface area contributed by atoms with Gasteiger partial charge in [0, 0.05) is 12.1 Å². The Bertz CT molecular complexity index is 533. The third-order valence-corrected chi connectivity index (χ3v) is 3.77. The number of benzene rings is 1. The second kappa shape index (κ2) is 7.33. The Morgan fingerprint density at radius 1 is 1.50 bits per heavy atom. The van der Waals surface area contributed by atoms with Crippen molar-refractivity contribution in [3.8, 4) is 11.8 Å². The number of halogens is 1. The summed E-state index contributed by atoms with van der Waals surface area (Å²) in [7, 11) is 2.05. The van der Waals surface area contributed by atoms with Gasteiger partial charge in [-0.2, -0.15) is 0 Å². The highest BCUT2D eigenvalue weighted by atomic mass is 35.5. The number of nitrogens with zero attached hydrogens (tertiary/aromatic N) is 1. The summed E-state index contributed by atoms with van der Waals surface area (Å²) < 4.78 is 0. The van der Waals surface area contributed by atoms with Crippen molar-refractivity contribution < 1.29 is 4.79 Å². The number of nitrogens with one attached hydrogen (secondary N) is 1. The molecule has 106 valence electrons. The molecule has 0 spiro atoms. The van der Waals surface area contributed by atoms with Crippen LogP contribution in [0.15, 0.2) is 24.3 Å². The molecular formula is C16H19ClN2O. The van der Waals surface area contributed by atoms with E-state index in [0.717, 1.165) is 31.5 Å². The molecule has 3 nitrogen and oxygen atoms in total. The second-order valence-electron chi connectivity index (χ2n) is 5.10. The fourth-order valence-electron chi connectivity index (χ4n) is 2.36. The number of likely N-dealkylation sites (tertiary alicyclic amines) is 1. The minimum atomic E-state index is 0.0934. The van der Waals surface area contributed by atoms with Crippen molar-refractivity contribution in [2.75, 3.05) is 26.7 Å². The average molecular weight is 291 g/mol. The molecule has 1 saturated heterocycles. The van der Waals surface area contributed by atoms with Crippen LogP contribution in [0.1, 0.15) is 18.4 Å². The van der Waals surface area contributed by atoms with Gasteiger partial charge in [0.25, 0.3) is 0 Å². The topological polar surface area (TPSA) is 32.3 Å². The van der Waals surface area contributed by atoms with Gasteiger partial charge in [-0.25, -0.2) is 0 Å². The third-order valence-electron chi connectivity index (χ3n) is 3.44. The molecular weight excluding hydrogens is 272 g/mol. The number of carbonyl (C=O) groups is 1.